The first-order chi connectivity index (χ1) is 6.68. The van der Waals surface area contributed by atoms with E-state index >= 15 is 0 Å². The number of halogens is 1. The Balaban J connectivity index is 2.34. The van der Waals surface area contributed by atoms with Gasteiger partial charge in [0.15, 0.2) is 17.5 Å². The summed E-state index contributed by atoms with van der Waals surface area (Å²) in [5.74, 6) is -0.131. The fraction of sp³-hybridized carbons (Fsp3) is 0.556. The van der Waals surface area contributed by atoms with Crippen molar-refractivity contribution in [1.29, 1.82) is 0 Å². The standard InChI is InChI=1S/C9H12FN3O/c1-5-7(10)8(11)13-9(12-5)6-3-2-4-14-6/h6H,2-4H2,1H3,(H2,11,12,13). The second-order valence-electron chi connectivity index (χ2n) is 3.37. The molecule has 1 unspecified atom stereocenters. The van der Waals surface area contributed by atoms with E-state index < -0.39 is 5.82 Å². The Morgan fingerprint density at radius 2 is 2.29 bits per heavy atom. The van der Waals surface area contributed by atoms with Crippen molar-refractivity contribution in [2.45, 2.75) is 25.9 Å². The van der Waals surface area contributed by atoms with Crippen LogP contribution in [-0.4, -0.2) is 16.6 Å². The molecule has 14 heavy (non-hydrogen) atoms. The van der Waals surface area contributed by atoms with Gasteiger partial charge in [0.2, 0.25) is 0 Å². The minimum absolute atomic E-state index is 0.0944. The summed E-state index contributed by atoms with van der Waals surface area (Å²) in [7, 11) is 0. The van der Waals surface area contributed by atoms with E-state index in [1.54, 1.807) is 6.92 Å². The van der Waals surface area contributed by atoms with Crippen LogP contribution < -0.4 is 5.73 Å². The molecule has 0 saturated carbocycles. The molecule has 0 aromatic carbocycles. The van der Waals surface area contributed by atoms with Crippen molar-refractivity contribution in [3.05, 3.63) is 17.3 Å². The largest absolute Gasteiger partial charge is 0.381 e. The lowest BCUT2D eigenvalue weighted by Crippen LogP contribution is -2.09. The zero-order valence-electron chi connectivity index (χ0n) is 7.96. The normalized spacial score (nSPS) is 21.4. The molecule has 0 radical (unpaired) electrons. The number of anilines is 1. The molecular weight excluding hydrogens is 185 g/mol. The fourth-order valence-corrected chi connectivity index (χ4v) is 1.53. The number of nitrogens with two attached hydrogens (primary N) is 1. The number of ether oxygens (including phenoxy) is 1. The molecule has 2 rings (SSSR count). The molecule has 5 heteroatoms. The van der Waals surface area contributed by atoms with E-state index in [9.17, 15) is 4.39 Å². The Labute approximate surface area is 81.3 Å². The predicted molar refractivity (Wildman–Crippen MR) is 49.1 cm³/mol. The highest BCUT2D eigenvalue weighted by atomic mass is 19.1. The first kappa shape index (κ1) is 9.33. The average Bonchev–Trinajstić information content (AvgIpc) is 2.66. The van der Waals surface area contributed by atoms with Crippen LogP contribution in [0.3, 0.4) is 0 Å². The molecule has 1 fully saturated rings. The van der Waals surface area contributed by atoms with Crippen LogP contribution in [0.5, 0.6) is 0 Å². The molecular formula is C9H12FN3O. The van der Waals surface area contributed by atoms with E-state index in [-0.39, 0.29) is 17.6 Å². The lowest BCUT2D eigenvalue weighted by Gasteiger charge is -2.09. The minimum Gasteiger partial charge on any atom is -0.381 e. The van der Waals surface area contributed by atoms with Crippen LogP contribution in [0.25, 0.3) is 0 Å². The molecule has 0 spiro atoms. The molecule has 0 aliphatic carbocycles. The van der Waals surface area contributed by atoms with Crippen LogP contribution in [-0.2, 0) is 4.74 Å². The van der Waals surface area contributed by atoms with Gasteiger partial charge in [-0.1, -0.05) is 0 Å². The van der Waals surface area contributed by atoms with Crippen molar-refractivity contribution >= 4 is 5.82 Å². The highest BCUT2D eigenvalue weighted by molar-refractivity contribution is 5.32. The molecule has 1 aromatic heterocycles. The molecule has 1 saturated heterocycles. The van der Waals surface area contributed by atoms with Crippen molar-refractivity contribution < 1.29 is 9.13 Å². The number of nitrogens with zero attached hydrogens (tertiary/aromatic N) is 2. The third-order valence-corrected chi connectivity index (χ3v) is 2.28. The maximum absolute atomic E-state index is 13.1. The molecule has 1 aromatic rings. The lowest BCUT2D eigenvalue weighted by atomic mass is 10.2. The summed E-state index contributed by atoms with van der Waals surface area (Å²) in [6.07, 6.45) is 1.76. The SMILES string of the molecule is Cc1nc(C2CCCO2)nc(N)c1F. The summed E-state index contributed by atoms with van der Waals surface area (Å²) in [5, 5.41) is 0. The van der Waals surface area contributed by atoms with E-state index in [1.165, 1.54) is 0 Å². The van der Waals surface area contributed by atoms with Gasteiger partial charge < -0.3 is 10.5 Å². The van der Waals surface area contributed by atoms with Gasteiger partial charge in [0, 0.05) is 6.61 Å². The summed E-state index contributed by atoms with van der Waals surface area (Å²) >= 11 is 0. The van der Waals surface area contributed by atoms with E-state index in [0.717, 1.165) is 12.8 Å². The number of aryl methyl sites for hydroxylation is 1. The number of nitrogen functional groups attached to an aromatic ring is 1. The molecule has 1 atom stereocenters. The van der Waals surface area contributed by atoms with Crippen LogP contribution in [0, 0.1) is 12.7 Å². The predicted octanol–water partition coefficient (Wildman–Crippen LogP) is 1.36. The van der Waals surface area contributed by atoms with Crippen LogP contribution in [0.2, 0.25) is 0 Å². The van der Waals surface area contributed by atoms with Gasteiger partial charge in [-0.05, 0) is 19.8 Å². The molecule has 0 bridgehead atoms. The quantitative estimate of drug-likeness (QED) is 0.738. The fourth-order valence-electron chi connectivity index (χ4n) is 1.53. The van der Waals surface area contributed by atoms with Gasteiger partial charge in [0.05, 0.1) is 5.69 Å². The maximum Gasteiger partial charge on any atom is 0.186 e. The summed E-state index contributed by atoms with van der Waals surface area (Å²) in [4.78, 5) is 7.91. The van der Waals surface area contributed by atoms with E-state index in [2.05, 4.69) is 9.97 Å². The third-order valence-electron chi connectivity index (χ3n) is 2.28. The van der Waals surface area contributed by atoms with Gasteiger partial charge in [-0.3, -0.25) is 0 Å². The smallest absolute Gasteiger partial charge is 0.186 e. The van der Waals surface area contributed by atoms with E-state index in [1.807, 2.05) is 0 Å². The second-order valence-corrected chi connectivity index (χ2v) is 3.37. The van der Waals surface area contributed by atoms with Gasteiger partial charge in [0.25, 0.3) is 0 Å². The van der Waals surface area contributed by atoms with Crippen molar-refractivity contribution in [1.82, 2.24) is 9.97 Å². The average molecular weight is 197 g/mol. The number of hydrogen-bond donors (Lipinski definition) is 1. The molecule has 1 aliphatic rings. The number of hydrogen-bond acceptors (Lipinski definition) is 4. The Hall–Kier alpha value is -1.23. The highest BCUT2D eigenvalue weighted by Crippen LogP contribution is 2.27. The van der Waals surface area contributed by atoms with Crippen LogP contribution in [0.15, 0.2) is 0 Å². The Kier molecular flexibility index (Phi) is 2.33. The second kappa shape index (κ2) is 3.49. The van der Waals surface area contributed by atoms with Crippen LogP contribution in [0.1, 0.15) is 30.5 Å². The third kappa shape index (κ3) is 1.55. The summed E-state index contributed by atoms with van der Waals surface area (Å²) < 4.78 is 18.5. The molecule has 2 heterocycles. The van der Waals surface area contributed by atoms with E-state index in [0.29, 0.717) is 12.4 Å². The maximum atomic E-state index is 13.1. The molecule has 2 N–H and O–H groups in total. The summed E-state index contributed by atoms with van der Waals surface area (Å²) in [6.45, 7) is 2.29. The Bertz CT molecular complexity index is 327. The van der Waals surface area contributed by atoms with Gasteiger partial charge in [-0.2, -0.15) is 0 Å². The van der Waals surface area contributed by atoms with Gasteiger partial charge in [0.1, 0.15) is 6.10 Å². The first-order valence-corrected chi connectivity index (χ1v) is 4.59. The highest BCUT2D eigenvalue weighted by Gasteiger charge is 2.22. The Morgan fingerprint density at radius 1 is 1.50 bits per heavy atom. The van der Waals surface area contributed by atoms with Crippen LogP contribution in [0.4, 0.5) is 10.2 Å². The zero-order chi connectivity index (χ0) is 10.1. The molecule has 4 nitrogen and oxygen atoms in total. The van der Waals surface area contributed by atoms with Crippen LogP contribution >= 0.6 is 0 Å². The van der Waals surface area contributed by atoms with Gasteiger partial charge in [-0.15, -0.1) is 0 Å². The van der Waals surface area contributed by atoms with Crippen molar-refractivity contribution in [3.8, 4) is 0 Å². The monoisotopic (exact) mass is 197 g/mol. The summed E-state index contributed by atoms with van der Waals surface area (Å²) in [6, 6.07) is 0. The van der Waals surface area contributed by atoms with Gasteiger partial charge in [-0.25, -0.2) is 14.4 Å². The molecule has 1 aliphatic heterocycles. The first-order valence-electron chi connectivity index (χ1n) is 4.59. The van der Waals surface area contributed by atoms with Crippen molar-refractivity contribution in [2.24, 2.45) is 0 Å². The lowest BCUT2D eigenvalue weighted by molar-refractivity contribution is 0.105. The zero-order valence-corrected chi connectivity index (χ0v) is 7.96. The van der Waals surface area contributed by atoms with Gasteiger partial charge >= 0.3 is 0 Å². The van der Waals surface area contributed by atoms with Crippen molar-refractivity contribution in [3.63, 3.8) is 0 Å². The molecule has 0 amide bonds. The topological polar surface area (TPSA) is 61.0 Å². The summed E-state index contributed by atoms with van der Waals surface area (Å²) in [5.41, 5.74) is 5.69. The number of aromatic nitrogens is 2. The number of rotatable bonds is 1. The Morgan fingerprint density at radius 3 is 2.86 bits per heavy atom. The molecule has 76 valence electrons. The van der Waals surface area contributed by atoms with Crippen molar-refractivity contribution in [2.75, 3.05) is 12.3 Å². The minimum atomic E-state index is -0.535. The van der Waals surface area contributed by atoms with E-state index in [4.69, 9.17) is 10.5 Å².